The number of ether oxygens (including phenoxy) is 1. The SMILES string of the molecule is CCCCC/C=C\CCCC/C=C\CCCCC(=O)OCc1cccnc1. The van der Waals surface area contributed by atoms with Gasteiger partial charge in [-0.2, -0.15) is 0 Å². The number of unbranched alkanes of at least 4 members (excludes halogenated alkanes) is 8. The second-order valence-corrected chi connectivity index (χ2v) is 6.99. The van der Waals surface area contributed by atoms with Crippen molar-refractivity contribution in [2.75, 3.05) is 0 Å². The molecule has 0 radical (unpaired) electrons. The van der Waals surface area contributed by atoms with Crippen LogP contribution in [0.3, 0.4) is 0 Å². The molecule has 0 unspecified atom stereocenters. The molecule has 0 spiro atoms. The number of nitrogens with zero attached hydrogens (tertiary/aromatic N) is 1. The molecule has 0 atom stereocenters. The number of carbonyl (C=O) groups excluding carboxylic acids is 1. The molecule has 1 heterocycles. The quantitative estimate of drug-likeness (QED) is 0.179. The Labute approximate surface area is 165 Å². The number of hydrogen-bond donors (Lipinski definition) is 0. The van der Waals surface area contributed by atoms with Crippen LogP contribution < -0.4 is 0 Å². The van der Waals surface area contributed by atoms with Crippen LogP contribution in [-0.4, -0.2) is 11.0 Å². The molecule has 0 saturated heterocycles. The molecule has 0 aliphatic carbocycles. The Kier molecular flexibility index (Phi) is 15.0. The van der Waals surface area contributed by atoms with Gasteiger partial charge in [0.05, 0.1) is 0 Å². The van der Waals surface area contributed by atoms with Crippen LogP contribution in [-0.2, 0) is 16.1 Å². The summed E-state index contributed by atoms with van der Waals surface area (Å²) in [5, 5.41) is 0. The largest absolute Gasteiger partial charge is 0.461 e. The summed E-state index contributed by atoms with van der Waals surface area (Å²) in [6.07, 6.45) is 26.3. The zero-order valence-electron chi connectivity index (χ0n) is 17.1. The van der Waals surface area contributed by atoms with E-state index in [9.17, 15) is 4.79 Å². The van der Waals surface area contributed by atoms with Gasteiger partial charge in [-0.15, -0.1) is 0 Å². The lowest BCUT2D eigenvalue weighted by Crippen LogP contribution is -2.04. The maximum absolute atomic E-state index is 11.7. The molecule has 3 nitrogen and oxygen atoms in total. The molecule has 0 amide bonds. The average Bonchev–Trinajstić information content (AvgIpc) is 2.70. The van der Waals surface area contributed by atoms with Gasteiger partial charge in [0, 0.05) is 24.4 Å². The number of esters is 1. The Morgan fingerprint density at radius 3 is 2.07 bits per heavy atom. The average molecular weight is 372 g/mol. The van der Waals surface area contributed by atoms with Crippen LogP contribution in [0.2, 0.25) is 0 Å². The Balaban J connectivity index is 1.86. The summed E-state index contributed by atoms with van der Waals surface area (Å²) in [6, 6.07) is 3.76. The first-order valence-electron chi connectivity index (χ1n) is 10.7. The van der Waals surface area contributed by atoms with Crippen molar-refractivity contribution in [1.82, 2.24) is 4.98 Å². The summed E-state index contributed by atoms with van der Waals surface area (Å²) >= 11 is 0. The van der Waals surface area contributed by atoms with Gasteiger partial charge in [-0.3, -0.25) is 9.78 Å². The number of aromatic nitrogens is 1. The normalized spacial score (nSPS) is 11.4. The van der Waals surface area contributed by atoms with E-state index in [1.807, 2.05) is 12.1 Å². The number of pyridine rings is 1. The molecule has 150 valence electrons. The molecule has 0 bridgehead atoms. The molecule has 0 N–H and O–H groups in total. The Morgan fingerprint density at radius 2 is 1.52 bits per heavy atom. The molecule has 0 saturated carbocycles. The van der Waals surface area contributed by atoms with E-state index in [1.165, 1.54) is 44.9 Å². The van der Waals surface area contributed by atoms with Gasteiger partial charge in [0.25, 0.3) is 0 Å². The second kappa shape index (κ2) is 17.5. The van der Waals surface area contributed by atoms with Crippen molar-refractivity contribution < 1.29 is 9.53 Å². The first-order chi connectivity index (χ1) is 13.3. The van der Waals surface area contributed by atoms with Gasteiger partial charge in [0.2, 0.25) is 0 Å². The van der Waals surface area contributed by atoms with Crippen molar-refractivity contribution in [1.29, 1.82) is 0 Å². The fourth-order valence-electron chi connectivity index (χ4n) is 2.76. The Morgan fingerprint density at radius 1 is 0.926 bits per heavy atom. The lowest BCUT2D eigenvalue weighted by molar-refractivity contribution is -0.145. The topological polar surface area (TPSA) is 39.2 Å². The maximum Gasteiger partial charge on any atom is 0.306 e. The first-order valence-corrected chi connectivity index (χ1v) is 10.7. The van der Waals surface area contributed by atoms with E-state index in [4.69, 9.17) is 4.74 Å². The maximum atomic E-state index is 11.7. The molecular weight excluding hydrogens is 334 g/mol. The molecule has 1 aromatic heterocycles. The Hall–Kier alpha value is -1.90. The molecule has 0 aliphatic rings. The van der Waals surface area contributed by atoms with E-state index in [0.717, 1.165) is 31.2 Å². The third-order valence-corrected chi connectivity index (χ3v) is 4.42. The van der Waals surface area contributed by atoms with E-state index in [2.05, 4.69) is 36.2 Å². The van der Waals surface area contributed by atoms with Gasteiger partial charge >= 0.3 is 5.97 Å². The van der Waals surface area contributed by atoms with E-state index < -0.39 is 0 Å². The lowest BCUT2D eigenvalue weighted by Gasteiger charge is -2.04. The van der Waals surface area contributed by atoms with Crippen molar-refractivity contribution in [3.8, 4) is 0 Å². The van der Waals surface area contributed by atoms with E-state index >= 15 is 0 Å². The number of allylic oxidation sites excluding steroid dienone is 4. The number of carbonyl (C=O) groups is 1. The lowest BCUT2D eigenvalue weighted by atomic mass is 10.1. The Bertz CT molecular complexity index is 522. The van der Waals surface area contributed by atoms with Crippen molar-refractivity contribution in [3.63, 3.8) is 0 Å². The number of rotatable bonds is 16. The van der Waals surface area contributed by atoms with Gasteiger partial charge in [0.15, 0.2) is 0 Å². The van der Waals surface area contributed by atoms with Gasteiger partial charge < -0.3 is 4.74 Å². The van der Waals surface area contributed by atoms with Gasteiger partial charge in [-0.05, 0) is 63.9 Å². The van der Waals surface area contributed by atoms with Crippen LogP contribution in [0, 0.1) is 0 Å². The van der Waals surface area contributed by atoms with Crippen LogP contribution in [0.5, 0.6) is 0 Å². The monoisotopic (exact) mass is 371 g/mol. The molecule has 0 aromatic carbocycles. The van der Waals surface area contributed by atoms with Gasteiger partial charge in [0.1, 0.15) is 6.61 Å². The van der Waals surface area contributed by atoms with Crippen molar-refractivity contribution in [3.05, 3.63) is 54.4 Å². The van der Waals surface area contributed by atoms with E-state index in [1.54, 1.807) is 12.4 Å². The van der Waals surface area contributed by atoms with Gasteiger partial charge in [-0.1, -0.05) is 50.1 Å². The summed E-state index contributed by atoms with van der Waals surface area (Å²) in [5.74, 6) is -0.120. The van der Waals surface area contributed by atoms with Crippen LogP contribution in [0.4, 0.5) is 0 Å². The van der Waals surface area contributed by atoms with Crippen LogP contribution in [0.15, 0.2) is 48.8 Å². The molecule has 0 fully saturated rings. The van der Waals surface area contributed by atoms with E-state index in [0.29, 0.717) is 13.0 Å². The molecular formula is C24H37NO2. The summed E-state index contributed by atoms with van der Waals surface area (Å²) in [4.78, 5) is 15.7. The summed E-state index contributed by atoms with van der Waals surface area (Å²) in [7, 11) is 0. The predicted octanol–water partition coefficient (Wildman–Crippen LogP) is 6.94. The minimum absolute atomic E-state index is 0.120. The molecule has 0 aliphatic heterocycles. The highest BCUT2D eigenvalue weighted by atomic mass is 16.5. The van der Waals surface area contributed by atoms with Crippen LogP contribution >= 0.6 is 0 Å². The predicted molar refractivity (Wildman–Crippen MR) is 113 cm³/mol. The third kappa shape index (κ3) is 14.9. The van der Waals surface area contributed by atoms with Gasteiger partial charge in [-0.25, -0.2) is 0 Å². The highest BCUT2D eigenvalue weighted by Crippen LogP contribution is 2.07. The van der Waals surface area contributed by atoms with Crippen molar-refractivity contribution in [2.24, 2.45) is 0 Å². The summed E-state index contributed by atoms with van der Waals surface area (Å²) in [6.45, 7) is 2.57. The highest BCUT2D eigenvalue weighted by Gasteiger charge is 2.02. The molecule has 1 rings (SSSR count). The van der Waals surface area contributed by atoms with Crippen LogP contribution in [0.1, 0.15) is 89.5 Å². The van der Waals surface area contributed by atoms with E-state index in [-0.39, 0.29) is 5.97 Å². The standard InChI is InChI=1S/C24H37NO2/c1-2-3-4-5-6-7-8-9-10-11-12-13-14-15-16-19-24(26)27-22-23-18-17-20-25-21-23/h6-7,12-13,17-18,20-21H,2-5,8-11,14-16,19,22H2,1H3/b7-6-,13-12-. The third-order valence-electron chi connectivity index (χ3n) is 4.42. The minimum Gasteiger partial charge on any atom is -0.461 e. The summed E-state index contributed by atoms with van der Waals surface area (Å²) < 4.78 is 5.24. The fourth-order valence-corrected chi connectivity index (χ4v) is 2.76. The van der Waals surface area contributed by atoms with Crippen LogP contribution in [0.25, 0.3) is 0 Å². The molecule has 27 heavy (non-hydrogen) atoms. The number of hydrogen-bond acceptors (Lipinski definition) is 3. The van der Waals surface area contributed by atoms with Crippen molar-refractivity contribution in [2.45, 2.75) is 90.6 Å². The highest BCUT2D eigenvalue weighted by molar-refractivity contribution is 5.69. The first kappa shape index (κ1) is 23.1. The fraction of sp³-hybridized carbons (Fsp3) is 0.583. The van der Waals surface area contributed by atoms with Crippen molar-refractivity contribution >= 4 is 5.97 Å². The molecule has 1 aromatic rings. The zero-order valence-corrected chi connectivity index (χ0v) is 17.1. The minimum atomic E-state index is -0.120. The smallest absolute Gasteiger partial charge is 0.306 e. The molecule has 3 heteroatoms. The summed E-state index contributed by atoms with van der Waals surface area (Å²) in [5.41, 5.74) is 0.931. The second-order valence-electron chi connectivity index (χ2n) is 6.99. The zero-order chi connectivity index (χ0) is 19.4.